The van der Waals surface area contributed by atoms with Gasteiger partial charge in [-0.2, -0.15) is 0 Å². The Balaban J connectivity index is 1.92. The van der Waals surface area contributed by atoms with E-state index in [9.17, 15) is 4.79 Å². The van der Waals surface area contributed by atoms with Crippen LogP contribution in [0.3, 0.4) is 0 Å². The van der Waals surface area contributed by atoms with Gasteiger partial charge in [0, 0.05) is 0 Å². The SMILES string of the molecule is O=C1OC2C3CCC(O3)C2O1. The number of hydrogen-bond acceptors (Lipinski definition) is 4. The van der Waals surface area contributed by atoms with Gasteiger partial charge in [-0.25, -0.2) is 4.79 Å². The predicted octanol–water partition coefficient (Wildman–Crippen LogP) is 0.452. The van der Waals surface area contributed by atoms with Gasteiger partial charge >= 0.3 is 6.16 Å². The van der Waals surface area contributed by atoms with Gasteiger partial charge in [0.25, 0.3) is 0 Å². The maximum atomic E-state index is 10.7. The quantitative estimate of drug-likeness (QED) is 0.478. The van der Waals surface area contributed by atoms with Crippen molar-refractivity contribution >= 4 is 6.16 Å². The van der Waals surface area contributed by atoms with E-state index in [1.807, 2.05) is 0 Å². The summed E-state index contributed by atoms with van der Waals surface area (Å²) in [5, 5.41) is 0. The van der Waals surface area contributed by atoms with Gasteiger partial charge in [0.05, 0.1) is 12.2 Å². The molecule has 0 N–H and O–H groups in total. The first-order chi connectivity index (χ1) is 5.34. The number of carbonyl (C=O) groups is 1. The van der Waals surface area contributed by atoms with Gasteiger partial charge in [0.15, 0.2) is 12.2 Å². The molecule has 3 rings (SSSR count). The second-order valence-corrected chi connectivity index (χ2v) is 3.21. The van der Waals surface area contributed by atoms with E-state index in [-0.39, 0.29) is 24.4 Å². The summed E-state index contributed by atoms with van der Waals surface area (Å²) in [5.41, 5.74) is 0. The maximum absolute atomic E-state index is 10.7. The van der Waals surface area contributed by atoms with Crippen LogP contribution in [-0.4, -0.2) is 30.6 Å². The van der Waals surface area contributed by atoms with E-state index >= 15 is 0 Å². The smallest absolute Gasteiger partial charge is 0.424 e. The van der Waals surface area contributed by atoms with Gasteiger partial charge in [-0.15, -0.1) is 0 Å². The van der Waals surface area contributed by atoms with Crippen LogP contribution in [0.15, 0.2) is 0 Å². The Morgan fingerprint density at radius 1 is 1.09 bits per heavy atom. The highest BCUT2D eigenvalue weighted by Crippen LogP contribution is 2.41. The zero-order valence-corrected chi connectivity index (χ0v) is 5.86. The van der Waals surface area contributed by atoms with Gasteiger partial charge in [-0.1, -0.05) is 0 Å². The molecule has 60 valence electrons. The van der Waals surface area contributed by atoms with E-state index in [0.29, 0.717) is 0 Å². The van der Waals surface area contributed by atoms with E-state index in [0.717, 1.165) is 12.8 Å². The molecule has 0 aromatic carbocycles. The number of rotatable bonds is 0. The van der Waals surface area contributed by atoms with Crippen LogP contribution in [0.4, 0.5) is 4.79 Å². The molecule has 11 heavy (non-hydrogen) atoms. The number of carbonyl (C=O) groups excluding carboxylic acids is 1. The summed E-state index contributed by atoms with van der Waals surface area (Å²) in [6.07, 6.45) is 1.47. The summed E-state index contributed by atoms with van der Waals surface area (Å²) in [5.74, 6) is 0. The summed E-state index contributed by atoms with van der Waals surface area (Å²) < 4.78 is 15.4. The van der Waals surface area contributed by atoms with Crippen LogP contribution < -0.4 is 0 Å². The van der Waals surface area contributed by atoms with E-state index in [1.165, 1.54) is 0 Å². The van der Waals surface area contributed by atoms with E-state index in [1.54, 1.807) is 0 Å². The van der Waals surface area contributed by atoms with E-state index in [4.69, 9.17) is 14.2 Å². The van der Waals surface area contributed by atoms with Crippen LogP contribution in [0.1, 0.15) is 12.8 Å². The van der Waals surface area contributed by atoms with Crippen molar-refractivity contribution in [2.75, 3.05) is 0 Å². The Morgan fingerprint density at radius 2 is 1.64 bits per heavy atom. The van der Waals surface area contributed by atoms with Crippen LogP contribution in [0, 0.1) is 0 Å². The van der Waals surface area contributed by atoms with Crippen molar-refractivity contribution in [1.29, 1.82) is 0 Å². The Kier molecular flexibility index (Phi) is 0.896. The van der Waals surface area contributed by atoms with Gasteiger partial charge in [0.2, 0.25) is 0 Å². The maximum Gasteiger partial charge on any atom is 0.509 e. The lowest BCUT2D eigenvalue weighted by molar-refractivity contribution is 0.0168. The molecular formula is C7H8O4. The van der Waals surface area contributed by atoms with Crippen molar-refractivity contribution in [3.63, 3.8) is 0 Å². The number of ether oxygens (including phenoxy) is 3. The molecule has 0 spiro atoms. The first-order valence-corrected chi connectivity index (χ1v) is 3.87. The van der Waals surface area contributed by atoms with Gasteiger partial charge in [-0.05, 0) is 12.8 Å². The molecule has 3 heterocycles. The van der Waals surface area contributed by atoms with Crippen molar-refractivity contribution in [1.82, 2.24) is 0 Å². The standard InChI is InChI=1S/C7H8O4/c8-7-10-5-3-1-2-4(9-3)6(5)11-7/h3-6H,1-2H2. The van der Waals surface area contributed by atoms with Crippen molar-refractivity contribution in [3.05, 3.63) is 0 Å². The molecule has 2 bridgehead atoms. The van der Waals surface area contributed by atoms with Crippen molar-refractivity contribution in [2.45, 2.75) is 37.3 Å². The van der Waals surface area contributed by atoms with Crippen LogP contribution in [0.2, 0.25) is 0 Å². The minimum absolute atomic E-state index is 0.108. The fourth-order valence-electron chi connectivity index (χ4n) is 2.13. The molecule has 0 aliphatic carbocycles. The van der Waals surface area contributed by atoms with E-state index < -0.39 is 6.16 Å². The largest absolute Gasteiger partial charge is 0.509 e. The summed E-state index contributed by atoms with van der Waals surface area (Å²) in [7, 11) is 0. The molecular weight excluding hydrogens is 148 g/mol. The minimum atomic E-state index is -0.528. The third kappa shape index (κ3) is 0.605. The second-order valence-electron chi connectivity index (χ2n) is 3.21. The highest BCUT2D eigenvalue weighted by atomic mass is 16.8. The summed E-state index contributed by atoms with van der Waals surface area (Å²) in [4.78, 5) is 10.7. The number of hydrogen-bond donors (Lipinski definition) is 0. The number of fused-ring (bicyclic) bond motifs is 5. The molecule has 4 nitrogen and oxygen atoms in total. The fraction of sp³-hybridized carbons (Fsp3) is 0.857. The van der Waals surface area contributed by atoms with Crippen LogP contribution in [0.5, 0.6) is 0 Å². The molecule has 3 saturated heterocycles. The first kappa shape index (κ1) is 5.83. The van der Waals surface area contributed by atoms with Crippen LogP contribution in [-0.2, 0) is 14.2 Å². The highest BCUT2D eigenvalue weighted by molar-refractivity contribution is 5.63. The molecule has 4 heteroatoms. The monoisotopic (exact) mass is 156 g/mol. The lowest BCUT2D eigenvalue weighted by atomic mass is 9.95. The van der Waals surface area contributed by atoms with Crippen LogP contribution in [0.25, 0.3) is 0 Å². The van der Waals surface area contributed by atoms with Gasteiger partial charge in [0.1, 0.15) is 0 Å². The molecule has 3 aliphatic heterocycles. The van der Waals surface area contributed by atoms with Gasteiger partial charge < -0.3 is 14.2 Å². The Hall–Kier alpha value is -0.770. The van der Waals surface area contributed by atoms with Crippen molar-refractivity contribution in [2.24, 2.45) is 0 Å². The normalized spacial score (nSPS) is 52.2. The molecule has 4 atom stereocenters. The average molecular weight is 156 g/mol. The lowest BCUT2D eigenvalue weighted by Crippen LogP contribution is -2.33. The molecule has 0 radical (unpaired) electrons. The average Bonchev–Trinajstić information content (AvgIpc) is 2.53. The Bertz CT molecular complexity index is 194. The topological polar surface area (TPSA) is 44.8 Å². The zero-order chi connectivity index (χ0) is 7.42. The Morgan fingerprint density at radius 3 is 2.18 bits per heavy atom. The zero-order valence-electron chi connectivity index (χ0n) is 5.86. The molecule has 0 aromatic heterocycles. The summed E-state index contributed by atoms with van der Waals surface area (Å²) >= 11 is 0. The predicted molar refractivity (Wildman–Crippen MR) is 33.0 cm³/mol. The van der Waals surface area contributed by atoms with Crippen molar-refractivity contribution in [3.8, 4) is 0 Å². The molecule has 0 aromatic rings. The third-order valence-corrected chi connectivity index (χ3v) is 2.61. The molecule has 0 amide bonds. The summed E-state index contributed by atoms with van der Waals surface area (Å²) in [6, 6.07) is 0. The minimum Gasteiger partial charge on any atom is -0.424 e. The highest BCUT2D eigenvalue weighted by Gasteiger charge is 2.57. The second kappa shape index (κ2) is 1.69. The van der Waals surface area contributed by atoms with Gasteiger partial charge in [-0.3, -0.25) is 0 Å². The molecule has 3 fully saturated rings. The van der Waals surface area contributed by atoms with Crippen molar-refractivity contribution < 1.29 is 19.0 Å². The molecule has 3 aliphatic rings. The lowest BCUT2D eigenvalue weighted by Gasteiger charge is -2.15. The first-order valence-electron chi connectivity index (χ1n) is 3.87. The molecule has 4 unspecified atom stereocenters. The van der Waals surface area contributed by atoms with E-state index in [2.05, 4.69) is 0 Å². The van der Waals surface area contributed by atoms with Crippen LogP contribution >= 0.6 is 0 Å². The third-order valence-electron chi connectivity index (χ3n) is 2.61. The summed E-state index contributed by atoms with van der Waals surface area (Å²) in [6.45, 7) is 0. The molecule has 0 saturated carbocycles. The fourth-order valence-corrected chi connectivity index (χ4v) is 2.13. The Labute approximate surface area is 63.4 Å².